The van der Waals surface area contributed by atoms with E-state index in [0.29, 0.717) is 11.3 Å². The molecule has 1 saturated heterocycles. The lowest BCUT2D eigenvalue weighted by atomic mass is 10.2. The minimum Gasteiger partial charge on any atom is -0.497 e. The van der Waals surface area contributed by atoms with Crippen molar-refractivity contribution < 1.29 is 18.7 Å². The average Bonchev–Trinajstić information content (AvgIpc) is 2.68. The van der Waals surface area contributed by atoms with E-state index in [-0.39, 0.29) is 0 Å². The van der Waals surface area contributed by atoms with Gasteiger partial charge in [-0.05, 0) is 12.1 Å². The Morgan fingerprint density at radius 2 is 2.00 bits per heavy atom. The highest BCUT2D eigenvalue weighted by molar-refractivity contribution is 7.60. The zero-order chi connectivity index (χ0) is 10.4. The van der Waals surface area contributed by atoms with Crippen LogP contribution in [0.1, 0.15) is 5.56 Å². The van der Waals surface area contributed by atoms with Gasteiger partial charge in [-0.15, -0.1) is 0 Å². The molecular weight excluding hydrogens is 205 g/mol. The fourth-order valence-corrected chi connectivity index (χ4v) is 2.34. The summed E-state index contributed by atoms with van der Waals surface area (Å²) in [4.78, 5) is 9.11. The second kappa shape index (κ2) is 2.81. The zero-order valence-corrected chi connectivity index (χ0v) is 8.40. The number of ether oxygens (including phenoxy) is 1. The molecule has 76 valence electrons. The first-order valence-electron chi connectivity index (χ1n) is 3.97. The summed E-state index contributed by atoms with van der Waals surface area (Å²) in [6.45, 7) is 0. The molecule has 0 amide bonds. The van der Waals surface area contributed by atoms with Gasteiger partial charge >= 0.3 is 7.60 Å². The van der Waals surface area contributed by atoms with Crippen molar-refractivity contribution in [3.05, 3.63) is 29.8 Å². The molecule has 2 atom stereocenters. The Morgan fingerprint density at radius 3 is 2.36 bits per heavy atom. The van der Waals surface area contributed by atoms with Gasteiger partial charge in [0.15, 0.2) is 0 Å². The Morgan fingerprint density at radius 1 is 1.50 bits per heavy atom. The highest BCUT2D eigenvalue weighted by atomic mass is 31.2. The monoisotopic (exact) mass is 215 g/mol. The minimum absolute atomic E-state index is 0.476. The predicted molar refractivity (Wildman–Crippen MR) is 49.8 cm³/mol. The summed E-state index contributed by atoms with van der Waals surface area (Å²) in [6.07, 6.45) is 0. The lowest BCUT2D eigenvalue weighted by molar-refractivity contribution is 0.325. The molecule has 0 aromatic heterocycles. The highest BCUT2D eigenvalue weighted by Gasteiger charge is 2.67. The first kappa shape index (κ1) is 9.68. The third-order valence-electron chi connectivity index (χ3n) is 2.15. The number of benzene rings is 1. The second-order valence-corrected chi connectivity index (χ2v) is 4.92. The molecule has 0 bridgehead atoms. The Bertz CT molecular complexity index is 404. The molecule has 1 fully saturated rings. The van der Waals surface area contributed by atoms with Crippen molar-refractivity contribution in [1.82, 2.24) is 0 Å². The van der Waals surface area contributed by atoms with E-state index in [1.165, 1.54) is 7.11 Å². The Kier molecular flexibility index (Phi) is 1.94. The SMILES string of the molecule is COc1ccc(C2(N)OP2(=O)O)cc1. The second-order valence-electron chi connectivity index (χ2n) is 3.04. The van der Waals surface area contributed by atoms with E-state index in [9.17, 15) is 4.57 Å². The fraction of sp³-hybridized carbons (Fsp3) is 0.250. The molecule has 14 heavy (non-hydrogen) atoms. The van der Waals surface area contributed by atoms with Gasteiger partial charge in [-0.2, -0.15) is 0 Å². The van der Waals surface area contributed by atoms with E-state index in [0.717, 1.165) is 0 Å². The average molecular weight is 215 g/mol. The fourth-order valence-electron chi connectivity index (χ4n) is 1.21. The first-order chi connectivity index (χ1) is 6.49. The standard InChI is InChI=1S/C8H10NO4P/c1-12-7-4-2-6(3-5-7)8(9)13-14(8,10)11/h2-5H,9H2,1H3,(H,10,11). The van der Waals surface area contributed by atoms with E-state index in [1.54, 1.807) is 24.3 Å². The van der Waals surface area contributed by atoms with E-state index >= 15 is 0 Å². The molecule has 0 radical (unpaired) electrons. The number of nitrogens with two attached hydrogens (primary N) is 1. The van der Waals surface area contributed by atoms with Crippen molar-refractivity contribution >= 4 is 7.60 Å². The summed E-state index contributed by atoms with van der Waals surface area (Å²) in [6, 6.07) is 6.53. The summed E-state index contributed by atoms with van der Waals surface area (Å²) < 4.78 is 20.7. The van der Waals surface area contributed by atoms with Crippen LogP contribution >= 0.6 is 7.60 Å². The molecule has 0 saturated carbocycles. The lowest BCUT2D eigenvalue weighted by Crippen LogP contribution is -2.19. The molecule has 0 spiro atoms. The maximum atomic E-state index is 11.1. The smallest absolute Gasteiger partial charge is 0.382 e. The van der Waals surface area contributed by atoms with Crippen molar-refractivity contribution in [3.8, 4) is 5.75 Å². The minimum atomic E-state index is -3.62. The van der Waals surface area contributed by atoms with E-state index in [4.69, 9.17) is 15.4 Å². The van der Waals surface area contributed by atoms with Gasteiger partial charge in [-0.3, -0.25) is 14.8 Å². The third kappa shape index (κ3) is 1.26. The number of hydrogen-bond donors (Lipinski definition) is 2. The summed E-state index contributed by atoms with van der Waals surface area (Å²) in [7, 11) is -2.08. The van der Waals surface area contributed by atoms with Crippen molar-refractivity contribution in [1.29, 1.82) is 0 Å². The van der Waals surface area contributed by atoms with E-state index < -0.39 is 13.1 Å². The highest BCUT2D eigenvalue weighted by Crippen LogP contribution is 2.77. The van der Waals surface area contributed by atoms with Gasteiger partial charge in [0.25, 0.3) is 5.47 Å². The molecule has 1 aliphatic heterocycles. The van der Waals surface area contributed by atoms with Crippen LogP contribution in [0.2, 0.25) is 0 Å². The quantitative estimate of drug-likeness (QED) is 0.567. The zero-order valence-electron chi connectivity index (χ0n) is 7.51. The van der Waals surface area contributed by atoms with Gasteiger partial charge < -0.3 is 9.63 Å². The van der Waals surface area contributed by atoms with Crippen LogP contribution in [0.4, 0.5) is 0 Å². The molecule has 1 heterocycles. The molecular formula is C8H10NO4P. The van der Waals surface area contributed by atoms with Crippen LogP contribution in [0.5, 0.6) is 5.75 Å². The van der Waals surface area contributed by atoms with Crippen LogP contribution in [0, 0.1) is 0 Å². The van der Waals surface area contributed by atoms with Crippen molar-refractivity contribution in [3.63, 3.8) is 0 Å². The molecule has 1 aliphatic rings. The molecule has 3 N–H and O–H groups in total. The Labute approximate surface area is 81.0 Å². The summed E-state index contributed by atoms with van der Waals surface area (Å²) in [5.41, 5.74) is 4.52. The predicted octanol–water partition coefficient (Wildman–Crippen LogP) is 0.980. The maximum Gasteiger partial charge on any atom is 0.382 e. The molecule has 2 unspecified atom stereocenters. The summed E-state index contributed by atoms with van der Waals surface area (Å²) >= 11 is 0. The largest absolute Gasteiger partial charge is 0.497 e. The first-order valence-corrected chi connectivity index (χ1v) is 5.54. The van der Waals surface area contributed by atoms with E-state index in [2.05, 4.69) is 4.52 Å². The Hall–Kier alpha value is -0.870. The molecule has 5 nitrogen and oxygen atoms in total. The van der Waals surface area contributed by atoms with Crippen LogP contribution in [0.15, 0.2) is 24.3 Å². The number of methoxy groups -OCH3 is 1. The van der Waals surface area contributed by atoms with Gasteiger partial charge in [0.2, 0.25) is 0 Å². The number of rotatable bonds is 2. The third-order valence-corrected chi connectivity index (χ3v) is 3.71. The topological polar surface area (TPSA) is 85.1 Å². The van der Waals surface area contributed by atoms with Crippen LogP contribution in [0.3, 0.4) is 0 Å². The molecule has 1 aromatic carbocycles. The van der Waals surface area contributed by atoms with Gasteiger partial charge in [-0.1, -0.05) is 12.1 Å². The summed E-state index contributed by atoms with van der Waals surface area (Å²) in [5, 5.41) is 0. The van der Waals surface area contributed by atoms with Gasteiger partial charge in [0.05, 0.1) is 7.11 Å². The lowest BCUT2D eigenvalue weighted by Gasteiger charge is -2.04. The maximum absolute atomic E-state index is 11.1. The van der Waals surface area contributed by atoms with Crippen LogP contribution in [0.25, 0.3) is 0 Å². The van der Waals surface area contributed by atoms with Crippen LogP contribution in [-0.2, 0) is 14.6 Å². The van der Waals surface area contributed by atoms with Crippen LogP contribution < -0.4 is 10.5 Å². The number of hydrogen-bond acceptors (Lipinski definition) is 4. The Balaban J connectivity index is 2.32. The van der Waals surface area contributed by atoms with Crippen molar-refractivity contribution in [2.45, 2.75) is 5.47 Å². The normalized spacial score (nSPS) is 35.4. The molecule has 2 rings (SSSR count). The van der Waals surface area contributed by atoms with Gasteiger partial charge in [-0.25, -0.2) is 0 Å². The molecule has 0 aliphatic carbocycles. The molecule has 6 heteroatoms. The summed E-state index contributed by atoms with van der Waals surface area (Å²) in [5.74, 6) is 0.658. The van der Waals surface area contributed by atoms with Crippen molar-refractivity contribution in [2.24, 2.45) is 5.73 Å². The van der Waals surface area contributed by atoms with E-state index in [1.807, 2.05) is 0 Å². The van der Waals surface area contributed by atoms with Crippen LogP contribution in [-0.4, -0.2) is 12.0 Å². The van der Waals surface area contributed by atoms with Crippen molar-refractivity contribution in [2.75, 3.05) is 7.11 Å². The van der Waals surface area contributed by atoms with Gasteiger partial charge in [0, 0.05) is 5.56 Å². The molecule has 1 aromatic rings. The van der Waals surface area contributed by atoms with Gasteiger partial charge in [0.1, 0.15) is 5.75 Å².